The minimum Gasteiger partial charge on any atom is -0.500 e. The molecule has 96 valence electrons. The van der Waals surface area contributed by atoms with Crippen LogP contribution in [0.1, 0.15) is 45.2 Å². The molecule has 0 saturated heterocycles. The lowest BCUT2D eigenvalue weighted by atomic mass is 9.99. The van der Waals surface area contributed by atoms with Crippen LogP contribution in [0.15, 0.2) is 24.3 Å². The molecule has 0 aliphatic carbocycles. The van der Waals surface area contributed by atoms with Gasteiger partial charge in [-0.05, 0) is 25.8 Å². The molecule has 0 bridgehead atoms. The molecule has 1 heterocycles. The molecular weight excluding hydrogens is 226 g/mol. The summed E-state index contributed by atoms with van der Waals surface area (Å²) in [6.45, 7) is 8.25. The number of nitrogens with zero attached hydrogens (tertiary/aromatic N) is 1. The van der Waals surface area contributed by atoms with Gasteiger partial charge in [0.05, 0.1) is 5.39 Å². The number of para-hydroxylation sites is 1. The van der Waals surface area contributed by atoms with Gasteiger partial charge in [0.2, 0.25) is 11.3 Å². The third-order valence-corrected chi connectivity index (χ3v) is 3.23. The minimum atomic E-state index is -0.0721. The summed E-state index contributed by atoms with van der Waals surface area (Å²) in [5.74, 6) is 0.227. The van der Waals surface area contributed by atoms with Gasteiger partial charge >= 0.3 is 5.88 Å². The molecule has 0 unspecified atom stereocenters. The Bertz CT molecular complexity index is 589. The summed E-state index contributed by atoms with van der Waals surface area (Å²) in [5.41, 5.74) is 2.18. The number of pyridine rings is 1. The van der Waals surface area contributed by atoms with Crippen LogP contribution in [0, 0.1) is 0 Å². The van der Waals surface area contributed by atoms with Gasteiger partial charge in [0.1, 0.15) is 0 Å². The third kappa shape index (κ3) is 1.90. The predicted octanol–water partition coefficient (Wildman–Crippen LogP) is 3.24. The Kier molecular flexibility index (Phi) is 3.16. The van der Waals surface area contributed by atoms with Crippen molar-refractivity contribution in [3.8, 4) is 11.6 Å². The Morgan fingerprint density at radius 3 is 2.28 bits per heavy atom. The largest absolute Gasteiger partial charge is 0.500 e. The maximum atomic E-state index is 10.1. The lowest BCUT2D eigenvalue weighted by Gasteiger charge is -2.12. The maximum Gasteiger partial charge on any atom is 0.409 e. The highest BCUT2D eigenvalue weighted by Crippen LogP contribution is 2.31. The van der Waals surface area contributed by atoms with Gasteiger partial charge in [0.15, 0.2) is 6.04 Å². The molecule has 0 amide bonds. The van der Waals surface area contributed by atoms with E-state index in [0.29, 0.717) is 5.92 Å². The van der Waals surface area contributed by atoms with Crippen molar-refractivity contribution in [2.75, 3.05) is 0 Å². The van der Waals surface area contributed by atoms with Gasteiger partial charge in [0.25, 0.3) is 0 Å². The van der Waals surface area contributed by atoms with E-state index >= 15 is 0 Å². The molecule has 0 saturated carbocycles. The van der Waals surface area contributed by atoms with Gasteiger partial charge in [-0.1, -0.05) is 26.0 Å². The fourth-order valence-electron chi connectivity index (χ4n) is 2.38. The van der Waals surface area contributed by atoms with Crippen LogP contribution in [-0.4, -0.2) is 10.2 Å². The maximum absolute atomic E-state index is 10.1. The number of aromatic hydroxyl groups is 2. The second kappa shape index (κ2) is 4.48. The third-order valence-electron chi connectivity index (χ3n) is 3.23. The first kappa shape index (κ1) is 12.7. The highest BCUT2D eigenvalue weighted by atomic mass is 16.3. The van der Waals surface area contributed by atoms with Gasteiger partial charge in [-0.2, -0.15) is 4.57 Å². The first-order chi connectivity index (χ1) is 8.43. The van der Waals surface area contributed by atoms with Crippen LogP contribution >= 0.6 is 0 Å². The molecule has 0 fully saturated rings. The van der Waals surface area contributed by atoms with Crippen LogP contribution < -0.4 is 4.57 Å². The van der Waals surface area contributed by atoms with Crippen LogP contribution in [0.4, 0.5) is 0 Å². The average molecular weight is 246 g/mol. The monoisotopic (exact) mass is 246 g/mol. The van der Waals surface area contributed by atoms with Crippen LogP contribution in [0.5, 0.6) is 11.6 Å². The zero-order valence-electron chi connectivity index (χ0n) is 11.3. The minimum absolute atomic E-state index is 0.0643. The van der Waals surface area contributed by atoms with E-state index in [2.05, 4.69) is 19.9 Å². The van der Waals surface area contributed by atoms with Crippen molar-refractivity contribution in [2.45, 2.75) is 39.7 Å². The van der Waals surface area contributed by atoms with E-state index in [1.165, 1.54) is 5.56 Å². The van der Waals surface area contributed by atoms with Crippen molar-refractivity contribution < 1.29 is 14.8 Å². The summed E-state index contributed by atoms with van der Waals surface area (Å²) in [7, 11) is 0. The second-order valence-corrected chi connectivity index (χ2v) is 5.26. The second-order valence-electron chi connectivity index (χ2n) is 5.26. The van der Waals surface area contributed by atoms with Gasteiger partial charge in [-0.15, -0.1) is 0 Å². The SMILES string of the molecule is CC(C)c1cccc2cc(O)c(O)[n+](C(C)C)c12. The van der Waals surface area contributed by atoms with Gasteiger partial charge in [0, 0.05) is 11.6 Å². The Morgan fingerprint density at radius 1 is 1.06 bits per heavy atom. The van der Waals surface area contributed by atoms with Gasteiger partial charge < -0.3 is 10.2 Å². The van der Waals surface area contributed by atoms with Crippen molar-refractivity contribution in [3.05, 3.63) is 29.8 Å². The van der Waals surface area contributed by atoms with E-state index in [-0.39, 0.29) is 17.7 Å². The standard InChI is InChI=1S/C15H19NO2/c1-9(2)12-7-5-6-11-8-13(17)15(18)16(10(3)4)14(11)12/h5-10,17H,1-4H3/p+1. The lowest BCUT2D eigenvalue weighted by molar-refractivity contribution is -0.697. The highest BCUT2D eigenvalue weighted by Gasteiger charge is 2.25. The Hall–Kier alpha value is -1.77. The first-order valence-corrected chi connectivity index (χ1v) is 6.32. The summed E-state index contributed by atoms with van der Waals surface area (Å²) >= 11 is 0. The highest BCUT2D eigenvalue weighted by molar-refractivity contribution is 5.81. The molecule has 18 heavy (non-hydrogen) atoms. The zero-order valence-corrected chi connectivity index (χ0v) is 11.3. The molecule has 3 nitrogen and oxygen atoms in total. The number of aromatic nitrogens is 1. The van der Waals surface area contributed by atoms with Crippen molar-refractivity contribution in [1.29, 1.82) is 0 Å². The number of rotatable bonds is 2. The van der Waals surface area contributed by atoms with E-state index < -0.39 is 0 Å². The molecule has 1 aromatic heterocycles. The fourth-order valence-corrected chi connectivity index (χ4v) is 2.38. The summed E-state index contributed by atoms with van der Waals surface area (Å²) in [6.07, 6.45) is 0. The fraction of sp³-hybridized carbons (Fsp3) is 0.400. The summed E-state index contributed by atoms with van der Waals surface area (Å²) in [4.78, 5) is 0. The Balaban J connectivity index is 2.95. The molecule has 2 rings (SSSR count). The summed E-state index contributed by atoms with van der Waals surface area (Å²) < 4.78 is 1.79. The Labute approximate surface area is 107 Å². The number of fused-ring (bicyclic) bond motifs is 1. The summed E-state index contributed by atoms with van der Waals surface area (Å²) in [6, 6.07) is 7.72. The number of hydrogen-bond donors (Lipinski definition) is 2. The van der Waals surface area contributed by atoms with E-state index in [9.17, 15) is 10.2 Å². The van der Waals surface area contributed by atoms with Gasteiger partial charge in [-0.3, -0.25) is 0 Å². The molecule has 0 aliphatic heterocycles. The first-order valence-electron chi connectivity index (χ1n) is 6.32. The quantitative estimate of drug-likeness (QED) is 0.799. The molecule has 2 N–H and O–H groups in total. The van der Waals surface area contributed by atoms with Crippen LogP contribution in [0.25, 0.3) is 10.9 Å². The molecule has 0 atom stereocenters. The van der Waals surface area contributed by atoms with E-state index in [1.54, 1.807) is 10.6 Å². The zero-order chi connectivity index (χ0) is 13.4. The number of hydrogen-bond acceptors (Lipinski definition) is 2. The van der Waals surface area contributed by atoms with Crippen LogP contribution in [0.2, 0.25) is 0 Å². The molecular formula is C15H20NO2+. The molecule has 2 aromatic rings. The van der Waals surface area contributed by atoms with Crippen molar-refractivity contribution in [1.82, 2.24) is 0 Å². The van der Waals surface area contributed by atoms with Crippen LogP contribution in [-0.2, 0) is 0 Å². The van der Waals surface area contributed by atoms with E-state index in [0.717, 1.165) is 10.9 Å². The van der Waals surface area contributed by atoms with Crippen molar-refractivity contribution in [3.63, 3.8) is 0 Å². The van der Waals surface area contributed by atoms with Crippen LogP contribution in [0.3, 0.4) is 0 Å². The average Bonchev–Trinajstić information content (AvgIpc) is 2.29. The predicted molar refractivity (Wildman–Crippen MR) is 71.9 cm³/mol. The summed E-state index contributed by atoms with van der Waals surface area (Å²) in [5, 5.41) is 20.8. The number of benzene rings is 1. The molecule has 1 aromatic carbocycles. The van der Waals surface area contributed by atoms with Gasteiger partial charge in [-0.25, -0.2) is 0 Å². The van der Waals surface area contributed by atoms with E-state index in [4.69, 9.17) is 0 Å². The Morgan fingerprint density at radius 2 is 1.72 bits per heavy atom. The van der Waals surface area contributed by atoms with Crippen molar-refractivity contribution >= 4 is 10.9 Å². The molecule has 0 spiro atoms. The smallest absolute Gasteiger partial charge is 0.409 e. The lowest BCUT2D eigenvalue weighted by Crippen LogP contribution is -2.38. The molecule has 0 radical (unpaired) electrons. The normalized spacial score (nSPS) is 11.7. The van der Waals surface area contributed by atoms with Crippen molar-refractivity contribution in [2.24, 2.45) is 0 Å². The molecule has 0 aliphatic rings. The van der Waals surface area contributed by atoms with E-state index in [1.807, 2.05) is 26.0 Å². The topological polar surface area (TPSA) is 44.3 Å². The molecule has 3 heteroatoms.